The summed E-state index contributed by atoms with van der Waals surface area (Å²) in [5.41, 5.74) is 1.12. The Hall–Kier alpha value is -1.78. The van der Waals surface area contributed by atoms with E-state index >= 15 is 0 Å². The zero-order valence-corrected chi connectivity index (χ0v) is 13.9. The maximum atomic E-state index is 5.64. The number of pyridine rings is 1. The minimum absolute atomic E-state index is 0.693. The molecule has 1 aliphatic rings. The molecular formula is C17H28N4O. The Labute approximate surface area is 133 Å². The van der Waals surface area contributed by atoms with Crippen molar-refractivity contribution in [3.05, 3.63) is 23.9 Å². The Morgan fingerprint density at radius 1 is 1.36 bits per heavy atom. The summed E-state index contributed by atoms with van der Waals surface area (Å²) in [6.07, 6.45) is 5.59. The Kier molecular flexibility index (Phi) is 6.49. The molecule has 0 spiro atoms. The molecule has 22 heavy (non-hydrogen) atoms. The summed E-state index contributed by atoms with van der Waals surface area (Å²) in [6.45, 7) is 6.88. The molecule has 1 fully saturated rings. The number of hydrogen-bond acceptors (Lipinski definition) is 3. The Bertz CT molecular complexity index is 466. The molecule has 0 unspecified atom stereocenters. The Morgan fingerprint density at radius 2 is 2.18 bits per heavy atom. The van der Waals surface area contributed by atoms with E-state index in [0.29, 0.717) is 12.5 Å². The van der Waals surface area contributed by atoms with Crippen LogP contribution in [0.3, 0.4) is 0 Å². The van der Waals surface area contributed by atoms with Gasteiger partial charge in [0.1, 0.15) is 0 Å². The van der Waals surface area contributed by atoms with E-state index in [-0.39, 0.29) is 0 Å². The molecule has 0 bridgehead atoms. The second kappa shape index (κ2) is 8.61. The van der Waals surface area contributed by atoms with Gasteiger partial charge in [-0.15, -0.1) is 0 Å². The van der Waals surface area contributed by atoms with Crippen molar-refractivity contribution >= 4 is 5.96 Å². The predicted octanol–water partition coefficient (Wildman–Crippen LogP) is 2.58. The summed E-state index contributed by atoms with van der Waals surface area (Å²) in [5, 5.41) is 6.61. The number of ether oxygens (including phenoxy) is 1. The van der Waals surface area contributed by atoms with E-state index in [1.54, 1.807) is 7.05 Å². The van der Waals surface area contributed by atoms with Crippen molar-refractivity contribution in [1.29, 1.82) is 0 Å². The first-order valence-corrected chi connectivity index (χ1v) is 8.19. The number of rotatable bonds is 8. The van der Waals surface area contributed by atoms with Crippen LogP contribution in [0, 0.1) is 11.8 Å². The maximum Gasteiger partial charge on any atom is 0.213 e. The fraction of sp³-hybridized carbons (Fsp3) is 0.647. The first-order chi connectivity index (χ1) is 10.7. The summed E-state index contributed by atoms with van der Waals surface area (Å²) in [4.78, 5) is 8.57. The van der Waals surface area contributed by atoms with Gasteiger partial charge >= 0.3 is 0 Å². The van der Waals surface area contributed by atoms with Crippen molar-refractivity contribution in [3.63, 3.8) is 0 Å². The van der Waals surface area contributed by atoms with Crippen LogP contribution in [0.2, 0.25) is 0 Å². The lowest BCUT2D eigenvalue weighted by atomic mass is 10.1. The van der Waals surface area contributed by atoms with Gasteiger partial charge in [-0.25, -0.2) is 4.98 Å². The molecule has 122 valence electrons. The van der Waals surface area contributed by atoms with Gasteiger partial charge in [0.25, 0.3) is 0 Å². The van der Waals surface area contributed by atoms with Crippen LogP contribution in [0.1, 0.15) is 38.7 Å². The van der Waals surface area contributed by atoms with E-state index in [0.717, 1.165) is 42.9 Å². The standard InChI is InChI=1S/C17H28N4O/c1-13(2)8-9-19-17(18-3)21-11-15-6-7-16(20-10-15)22-12-14-4-5-14/h6-7,10,13-14H,4-5,8-9,11-12H2,1-3H3,(H2,18,19,21). The smallest absolute Gasteiger partial charge is 0.213 e. The summed E-state index contributed by atoms with van der Waals surface area (Å²) >= 11 is 0. The third kappa shape index (κ3) is 6.33. The molecule has 5 heteroatoms. The number of aliphatic imine (C=N–C) groups is 1. The van der Waals surface area contributed by atoms with Crippen molar-refractivity contribution < 1.29 is 4.74 Å². The molecule has 5 nitrogen and oxygen atoms in total. The molecule has 2 N–H and O–H groups in total. The van der Waals surface area contributed by atoms with Crippen molar-refractivity contribution in [2.75, 3.05) is 20.2 Å². The molecule has 0 atom stereocenters. The highest BCUT2D eigenvalue weighted by atomic mass is 16.5. The van der Waals surface area contributed by atoms with Gasteiger partial charge in [0.2, 0.25) is 5.88 Å². The normalized spacial score (nSPS) is 15.0. The zero-order valence-electron chi connectivity index (χ0n) is 13.9. The maximum absolute atomic E-state index is 5.64. The summed E-state index contributed by atoms with van der Waals surface area (Å²) < 4.78 is 5.64. The number of hydrogen-bond donors (Lipinski definition) is 2. The molecule has 0 amide bonds. The van der Waals surface area contributed by atoms with Crippen LogP contribution in [0.4, 0.5) is 0 Å². The van der Waals surface area contributed by atoms with Crippen LogP contribution in [0.25, 0.3) is 0 Å². The van der Waals surface area contributed by atoms with Gasteiger partial charge in [-0.1, -0.05) is 19.9 Å². The average molecular weight is 304 g/mol. The predicted molar refractivity (Wildman–Crippen MR) is 90.1 cm³/mol. The van der Waals surface area contributed by atoms with Gasteiger partial charge in [0, 0.05) is 32.4 Å². The minimum Gasteiger partial charge on any atom is -0.477 e. The van der Waals surface area contributed by atoms with Gasteiger partial charge in [0.15, 0.2) is 5.96 Å². The average Bonchev–Trinajstić information content (AvgIpc) is 3.33. The molecule has 0 radical (unpaired) electrons. The van der Waals surface area contributed by atoms with Crippen LogP contribution in [0.15, 0.2) is 23.3 Å². The topological polar surface area (TPSA) is 58.5 Å². The van der Waals surface area contributed by atoms with E-state index < -0.39 is 0 Å². The second-order valence-corrected chi connectivity index (χ2v) is 6.29. The van der Waals surface area contributed by atoms with Crippen molar-refractivity contribution in [2.24, 2.45) is 16.8 Å². The minimum atomic E-state index is 0.693. The van der Waals surface area contributed by atoms with Crippen LogP contribution in [-0.4, -0.2) is 31.1 Å². The largest absolute Gasteiger partial charge is 0.477 e. The summed E-state index contributed by atoms with van der Waals surface area (Å²) in [7, 11) is 1.79. The summed E-state index contributed by atoms with van der Waals surface area (Å²) in [5.74, 6) is 2.99. The first kappa shape index (κ1) is 16.6. The molecule has 0 saturated heterocycles. The number of nitrogens with zero attached hydrogens (tertiary/aromatic N) is 2. The highest BCUT2D eigenvalue weighted by molar-refractivity contribution is 5.79. The van der Waals surface area contributed by atoms with E-state index in [2.05, 4.69) is 34.5 Å². The fourth-order valence-corrected chi connectivity index (χ4v) is 1.97. The van der Waals surface area contributed by atoms with Crippen molar-refractivity contribution in [3.8, 4) is 5.88 Å². The number of guanidine groups is 1. The third-order valence-electron chi connectivity index (χ3n) is 3.66. The number of nitrogens with one attached hydrogen (secondary N) is 2. The fourth-order valence-electron chi connectivity index (χ4n) is 1.97. The van der Waals surface area contributed by atoms with E-state index in [1.807, 2.05) is 18.3 Å². The zero-order chi connectivity index (χ0) is 15.8. The molecule has 1 aromatic heterocycles. The Morgan fingerprint density at radius 3 is 2.77 bits per heavy atom. The Balaban J connectivity index is 1.70. The van der Waals surface area contributed by atoms with Gasteiger partial charge in [-0.2, -0.15) is 0 Å². The quantitative estimate of drug-likeness (QED) is 0.572. The molecule has 1 saturated carbocycles. The van der Waals surface area contributed by atoms with Gasteiger partial charge in [-0.05, 0) is 36.7 Å². The van der Waals surface area contributed by atoms with Gasteiger partial charge in [0.05, 0.1) is 6.61 Å². The van der Waals surface area contributed by atoms with Crippen LogP contribution in [0.5, 0.6) is 5.88 Å². The molecule has 1 heterocycles. The van der Waals surface area contributed by atoms with E-state index in [1.165, 1.54) is 12.8 Å². The first-order valence-electron chi connectivity index (χ1n) is 8.19. The SMILES string of the molecule is CN=C(NCCC(C)C)NCc1ccc(OCC2CC2)nc1. The summed E-state index contributed by atoms with van der Waals surface area (Å²) in [6, 6.07) is 3.98. The van der Waals surface area contributed by atoms with Crippen molar-refractivity contribution in [2.45, 2.75) is 39.7 Å². The van der Waals surface area contributed by atoms with E-state index in [4.69, 9.17) is 4.74 Å². The number of aromatic nitrogens is 1. The molecule has 0 aliphatic heterocycles. The highest BCUT2D eigenvalue weighted by Crippen LogP contribution is 2.29. The molecule has 1 aromatic rings. The van der Waals surface area contributed by atoms with E-state index in [9.17, 15) is 0 Å². The lowest BCUT2D eigenvalue weighted by Crippen LogP contribution is -2.37. The lowest BCUT2D eigenvalue weighted by Gasteiger charge is -2.13. The molecule has 1 aliphatic carbocycles. The third-order valence-corrected chi connectivity index (χ3v) is 3.66. The monoisotopic (exact) mass is 304 g/mol. The lowest BCUT2D eigenvalue weighted by molar-refractivity contribution is 0.288. The second-order valence-electron chi connectivity index (χ2n) is 6.29. The molecule has 0 aromatic carbocycles. The molecule has 2 rings (SSSR count). The van der Waals surface area contributed by atoms with Crippen LogP contribution in [-0.2, 0) is 6.54 Å². The van der Waals surface area contributed by atoms with Crippen LogP contribution < -0.4 is 15.4 Å². The van der Waals surface area contributed by atoms with Crippen LogP contribution >= 0.6 is 0 Å². The van der Waals surface area contributed by atoms with Crippen molar-refractivity contribution in [1.82, 2.24) is 15.6 Å². The molecular weight excluding hydrogens is 276 g/mol. The van der Waals surface area contributed by atoms with Gasteiger partial charge < -0.3 is 15.4 Å². The highest BCUT2D eigenvalue weighted by Gasteiger charge is 2.21. The van der Waals surface area contributed by atoms with Gasteiger partial charge in [-0.3, -0.25) is 4.99 Å².